The van der Waals surface area contributed by atoms with Crippen LogP contribution in [0.2, 0.25) is 10.0 Å². The molecular weight excluding hydrogens is 299 g/mol. The summed E-state index contributed by atoms with van der Waals surface area (Å²) in [4.78, 5) is 14.2. The molecule has 1 aromatic rings. The van der Waals surface area contributed by atoms with Crippen molar-refractivity contribution in [1.82, 2.24) is 4.90 Å². The highest BCUT2D eigenvalue weighted by atomic mass is 35.5. The Morgan fingerprint density at radius 2 is 1.90 bits per heavy atom. The molecule has 1 atom stereocenters. The van der Waals surface area contributed by atoms with Gasteiger partial charge >= 0.3 is 0 Å². The molecule has 0 radical (unpaired) electrons. The summed E-state index contributed by atoms with van der Waals surface area (Å²) in [5, 5.41) is 10.6. The van der Waals surface area contributed by atoms with Crippen LogP contribution in [0.25, 0.3) is 0 Å². The lowest BCUT2D eigenvalue weighted by Crippen LogP contribution is -2.33. The summed E-state index contributed by atoms with van der Waals surface area (Å²) in [5.74, 6) is -0.133. The van der Waals surface area contributed by atoms with E-state index in [1.807, 2.05) is 0 Å². The van der Waals surface area contributed by atoms with Crippen LogP contribution >= 0.6 is 23.2 Å². The number of nitrogens with zero attached hydrogens (tertiary/aromatic N) is 1. The van der Waals surface area contributed by atoms with E-state index in [4.69, 9.17) is 28.9 Å². The number of halogens is 2. The van der Waals surface area contributed by atoms with Crippen molar-refractivity contribution in [1.29, 1.82) is 0 Å². The van der Waals surface area contributed by atoms with Gasteiger partial charge in [0, 0.05) is 18.7 Å². The van der Waals surface area contributed by atoms with Crippen LogP contribution in [0.15, 0.2) is 12.1 Å². The lowest BCUT2D eigenvalue weighted by atomic mass is 9.98. The third-order valence-electron chi connectivity index (χ3n) is 3.68. The quantitative estimate of drug-likeness (QED) is 0.783. The molecule has 2 rings (SSSR count). The highest BCUT2D eigenvalue weighted by molar-refractivity contribution is 6.39. The van der Waals surface area contributed by atoms with Crippen molar-refractivity contribution in [3.8, 4) is 0 Å². The monoisotopic (exact) mass is 316 g/mol. The molecule has 0 aliphatic carbocycles. The maximum Gasteiger partial charge on any atom is 0.253 e. The van der Waals surface area contributed by atoms with Gasteiger partial charge < -0.3 is 15.7 Å². The molecule has 1 aromatic carbocycles. The molecule has 110 valence electrons. The SMILES string of the molecule is CC1(O)CCCN(C(=O)c2cc(Cl)c(N)c(Cl)c2)CC1. The molecule has 1 amide bonds. The van der Waals surface area contributed by atoms with Gasteiger partial charge in [-0.25, -0.2) is 0 Å². The van der Waals surface area contributed by atoms with Gasteiger partial charge in [-0.15, -0.1) is 0 Å². The molecule has 4 nitrogen and oxygen atoms in total. The minimum absolute atomic E-state index is 0.133. The van der Waals surface area contributed by atoms with Crippen LogP contribution in [0.1, 0.15) is 36.5 Å². The first-order valence-corrected chi connectivity index (χ1v) is 7.32. The van der Waals surface area contributed by atoms with Crippen LogP contribution in [0.3, 0.4) is 0 Å². The van der Waals surface area contributed by atoms with Gasteiger partial charge in [-0.3, -0.25) is 4.79 Å². The second kappa shape index (κ2) is 5.80. The number of amides is 1. The fraction of sp³-hybridized carbons (Fsp3) is 0.500. The van der Waals surface area contributed by atoms with Crippen molar-refractivity contribution < 1.29 is 9.90 Å². The molecule has 3 N–H and O–H groups in total. The molecule has 0 bridgehead atoms. The Bertz CT molecular complexity index is 509. The molecule has 0 saturated carbocycles. The van der Waals surface area contributed by atoms with Gasteiger partial charge in [0.15, 0.2) is 0 Å². The van der Waals surface area contributed by atoms with Crippen LogP contribution in [0, 0.1) is 0 Å². The van der Waals surface area contributed by atoms with Crippen molar-refractivity contribution in [2.24, 2.45) is 0 Å². The standard InChI is InChI=1S/C14H18Cl2N2O2/c1-14(20)3-2-5-18(6-4-14)13(19)9-7-10(15)12(17)11(16)8-9/h7-8,20H,2-6,17H2,1H3. The molecular formula is C14H18Cl2N2O2. The average molecular weight is 317 g/mol. The van der Waals surface area contributed by atoms with E-state index in [-0.39, 0.29) is 21.6 Å². The van der Waals surface area contributed by atoms with Crippen molar-refractivity contribution >= 4 is 34.8 Å². The molecule has 6 heteroatoms. The van der Waals surface area contributed by atoms with Crippen LogP contribution < -0.4 is 5.73 Å². The Kier molecular flexibility index (Phi) is 4.47. The summed E-state index contributed by atoms with van der Waals surface area (Å²) in [6, 6.07) is 3.07. The molecule has 1 saturated heterocycles. The molecule has 1 unspecified atom stereocenters. The van der Waals surface area contributed by atoms with E-state index in [0.29, 0.717) is 31.5 Å². The maximum atomic E-state index is 12.5. The van der Waals surface area contributed by atoms with Gasteiger partial charge in [0.05, 0.1) is 21.3 Å². The van der Waals surface area contributed by atoms with E-state index in [2.05, 4.69) is 0 Å². The zero-order valence-corrected chi connectivity index (χ0v) is 12.8. The van der Waals surface area contributed by atoms with Gasteiger partial charge in [0.25, 0.3) is 5.91 Å². The highest BCUT2D eigenvalue weighted by Crippen LogP contribution is 2.30. The molecule has 1 heterocycles. The minimum atomic E-state index is -0.703. The molecule has 0 aromatic heterocycles. The van der Waals surface area contributed by atoms with E-state index in [0.717, 1.165) is 6.42 Å². The number of nitrogens with two attached hydrogens (primary N) is 1. The predicted octanol–water partition coefficient (Wildman–Crippen LogP) is 2.95. The van der Waals surface area contributed by atoms with Crippen molar-refractivity contribution in [2.75, 3.05) is 18.8 Å². The Morgan fingerprint density at radius 3 is 2.50 bits per heavy atom. The Morgan fingerprint density at radius 1 is 1.30 bits per heavy atom. The zero-order chi connectivity index (χ0) is 14.9. The smallest absolute Gasteiger partial charge is 0.253 e. The Labute approximate surface area is 128 Å². The number of carbonyl (C=O) groups is 1. The number of likely N-dealkylation sites (tertiary alicyclic amines) is 1. The van der Waals surface area contributed by atoms with E-state index < -0.39 is 5.60 Å². The fourth-order valence-corrected chi connectivity index (χ4v) is 2.84. The number of rotatable bonds is 1. The second-order valence-electron chi connectivity index (χ2n) is 5.50. The van der Waals surface area contributed by atoms with Gasteiger partial charge in [0.1, 0.15) is 0 Å². The minimum Gasteiger partial charge on any atom is -0.396 e. The van der Waals surface area contributed by atoms with Gasteiger partial charge in [-0.05, 0) is 38.3 Å². The second-order valence-corrected chi connectivity index (χ2v) is 6.31. The number of nitrogen functional groups attached to an aromatic ring is 1. The van der Waals surface area contributed by atoms with Gasteiger partial charge in [0.2, 0.25) is 0 Å². The van der Waals surface area contributed by atoms with Crippen molar-refractivity contribution in [2.45, 2.75) is 31.8 Å². The molecule has 1 fully saturated rings. The molecule has 1 aliphatic heterocycles. The Balaban J connectivity index is 2.19. The highest BCUT2D eigenvalue weighted by Gasteiger charge is 2.27. The molecule has 0 spiro atoms. The number of anilines is 1. The first-order chi connectivity index (χ1) is 9.30. The maximum absolute atomic E-state index is 12.5. The number of aliphatic hydroxyl groups is 1. The third kappa shape index (κ3) is 3.37. The van der Waals surface area contributed by atoms with E-state index in [9.17, 15) is 9.90 Å². The predicted molar refractivity (Wildman–Crippen MR) is 81.3 cm³/mol. The van der Waals surface area contributed by atoms with Crippen LogP contribution in [0.4, 0.5) is 5.69 Å². The van der Waals surface area contributed by atoms with Gasteiger partial charge in [-0.1, -0.05) is 23.2 Å². The largest absolute Gasteiger partial charge is 0.396 e. The van der Waals surface area contributed by atoms with Gasteiger partial charge in [-0.2, -0.15) is 0 Å². The van der Waals surface area contributed by atoms with E-state index in [1.165, 1.54) is 12.1 Å². The number of hydrogen-bond acceptors (Lipinski definition) is 3. The molecule has 20 heavy (non-hydrogen) atoms. The van der Waals surface area contributed by atoms with E-state index >= 15 is 0 Å². The van der Waals surface area contributed by atoms with Crippen LogP contribution in [-0.4, -0.2) is 34.6 Å². The summed E-state index contributed by atoms with van der Waals surface area (Å²) in [7, 11) is 0. The first kappa shape index (κ1) is 15.4. The lowest BCUT2D eigenvalue weighted by Gasteiger charge is -2.23. The van der Waals surface area contributed by atoms with Crippen molar-refractivity contribution in [3.05, 3.63) is 27.7 Å². The summed E-state index contributed by atoms with van der Waals surface area (Å²) in [6.45, 7) is 2.94. The van der Waals surface area contributed by atoms with Crippen molar-refractivity contribution in [3.63, 3.8) is 0 Å². The Hall–Kier alpha value is -0.970. The number of hydrogen-bond donors (Lipinski definition) is 2. The first-order valence-electron chi connectivity index (χ1n) is 6.56. The number of benzene rings is 1. The normalized spacial score (nSPS) is 23.5. The average Bonchev–Trinajstić information content (AvgIpc) is 2.55. The topological polar surface area (TPSA) is 66.6 Å². The molecule has 1 aliphatic rings. The van der Waals surface area contributed by atoms with Crippen LogP contribution in [-0.2, 0) is 0 Å². The van der Waals surface area contributed by atoms with E-state index in [1.54, 1.807) is 11.8 Å². The summed E-state index contributed by atoms with van der Waals surface area (Å²) in [5.41, 5.74) is 5.67. The summed E-state index contributed by atoms with van der Waals surface area (Å²) in [6.07, 6.45) is 2.03. The fourth-order valence-electron chi connectivity index (χ4n) is 2.36. The lowest BCUT2D eigenvalue weighted by molar-refractivity contribution is 0.0438. The van der Waals surface area contributed by atoms with Crippen LogP contribution in [0.5, 0.6) is 0 Å². The third-order valence-corrected chi connectivity index (χ3v) is 4.30. The zero-order valence-electron chi connectivity index (χ0n) is 11.3. The summed E-state index contributed by atoms with van der Waals surface area (Å²) < 4.78 is 0. The number of carbonyl (C=O) groups excluding carboxylic acids is 1. The summed E-state index contributed by atoms with van der Waals surface area (Å²) >= 11 is 11.9.